The Hall–Kier alpha value is -1.40. The smallest absolute Gasteiger partial charge is 0.351 e. The van der Waals surface area contributed by atoms with Crippen molar-refractivity contribution in [2.75, 3.05) is 22.9 Å². The highest BCUT2D eigenvalue weighted by atomic mass is 32.2. The molecule has 2 rings (SSSR count). The number of aromatic nitrogens is 3. The van der Waals surface area contributed by atoms with E-state index in [9.17, 15) is 18.0 Å². The molecule has 0 spiro atoms. The predicted molar refractivity (Wildman–Crippen MR) is 80.7 cm³/mol. The summed E-state index contributed by atoms with van der Waals surface area (Å²) in [5, 5.41) is 14.4. The van der Waals surface area contributed by atoms with Crippen LogP contribution in [0.5, 0.6) is 0 Å². The van der Waals surface area contributed by atoms with Crippen molar-refractivity contribution >= 4 is 50.6 Å². The zero-order valence-corrected chi connectivity index (χ0v) is 13.5. The van der Waals surface area contributed by atoms with Crippen molar-refractivity contribution in [3.8, 4) is 0 Å². The average Bonchev–Trinajstić information content (AvgIpc) is 3.02. The van der Waals surface area contributed by atoms with E-state index in [2.05, 4.69) is 25.8 Å². The Morgan fingerprint density at radius 2 is 2.14 bits per heavy atom. The molecule has 2 N–H and O–H groups in total. The van der Waals surface area contributed by atoms with Gasteiger partial charge in [0.2, 0.25) is 11.0 Å². The number of anilines is 2. The highest BCUT2D eigenvalue weighted by Crippen LogP contribution is 2.26. The van der Waals surface area contributed by atoms with E-state index in [1.807, 2.05) is 12.3 Å². The van der Waals surface area contributed by atoms with E-state index in [1.165, 1.54) is 11.3 Å². The molecular formula is C10H10F3N5OS3. The first-order valence-corrected chi connectivity index (χ1v) is 8.49. The van der Waals surface area contributed by atoms with Crippen LogP contribution in [-0.2, 0) is 4.79 Å². The van der Waals surface area contributed by atoms with Gasteiger partial charge in [0, 0.05) is 5.38 Å². The quantitative estimate of drug-likeness (QED) is 0.762. The van der Waals surface area contributed by atoms with Gasteiger partial charge in [-0.15, -0.1) is 21.5 Å². The number of hydrogen-bond acceptors (Lipinski definition) is 8. The van der Waals surface area contributed by atoms with E-state index in [0.717, 1.165) is 28.8 Å². The number of carbonyl (C=O) groups is 1. The SMILES string of the molecule is Cc1csc(NC(=O)CSc2nnc(NCC(F)(F)F)s2)n1. The lowest BCUT2D eigenvalue weighted by molar-refractivity contribution is -0.115. The number of hydrogen-bond donors (Lipinski definition) is 2. The van der Waals surface area contributed by atoms with Gasteiger partial charge in [-0.25, -0.2) is 4.98 Å². The van der Waals surface area contributed by atoms with Crippen LogP contribution in [0.2, 0.25) is 0 Å². The van der Waals surface area contributed by atoms with E-state index < -0.39 is 12.7 Å². The molecule has 1 amide bonds. The van der Waals surface area contributed by atoms with Crippen molar-refractivity contribution in [3.05, 3.63) is 11.1 Å². The number of thiazole rings is 1. The fraction of sp³-hybridized carbons (Fsp3) is 0.400. The lowest BCUT2D eigenvalue weighted by Gasteiger charge is -2.05. The molecule has 2 heterocycles. The highest BCUT2D eigenvalue weighted by Gasteiger charge is 2.27. The minimum absolute atomic E-state index is 0.0655. The summed E-state index contributed by atoms with van der Waals surface area (Å²) in [7, 11) is 0. The molecule has 0 aromatic carbocycles. The van der Waals surface area contributed by atoms with Crippen LogP contribution in [0, 0.1) is 6.92 Å². The lowest BCUT2D eigenvalue weighted by atomic mass is 10.6. The third-order valence-corrected chi connectivity index (χ3v) is 4.93. The molecule has 12 heteroatoms. The zero-order chi connectivity index (χ0) is 16.2. The van der Waals surface area contributed by atoms with Gasteiger partial charge in [0.05, 0.1) is 11.4 Å². The van der Waals surface area contributed by atoms with Crippen LogP contribution in [0.4, 0.5) is 23.4 Å². The first-order chi connectivity index (χ1) is 10.3. The molecule has 0 saturated carbocycles. The summed E-state index contributed by atoms with van der Waals surface area (Å²) in [4.78, 5) is 15.8. The summed E-state index contributed by atoms with van der Waals surface area (Å²) < 4.78 is 36.5. The number of thioether (sulfide) groups is 1. The monoisotopic (exact) mass is 369 g/mol. The second-order valence-corrected chi connectivity index (χ2v) is 7.03. The Morgan fingerprint density at radius 1 is 1.36 bits per heavy atom. The molecule has 0 radical (unpaired) electrons. The normalized spacial score (nSPS) is 11.5. The second-order valence-electron chi connectivity index (χ2n) is 3.97. The standard InChI is InChI=1S/C10H10F3N5OS3/c1-5-2-20-8(15-5)16-6(19)3-21-9-18-17-7(22-9)14-4-10(11,12)13/h2H,3-4H2,1H3,(H,14,17)(H,15,16,19). The van der Waals surface area contributed by atoms with Gasteiger partial charge < -0.3 is 10.6 Å². The number of rotatable bonds is 6. The van der Waals surface area contributed by atoms with E-state index in [1.54, 1.807) is 0 Å². The number of nitrogens with zero attached hydrogens (tertiary/aromatic N) is 3. The van der Waals surface area contributed by atoms with Gasteiger partial charge in [-0.1, -0.05) is 23.1 Å². The van der Waals surface area contributed by atoms with Crippen LogP contribution in [0.1, 0.15) is 5.69 Å². The second kappa shape index (κ2) is 7.24. The molecule has 0 unspecified atom stereocenters. The zero-order valence-electron chi connectivity index (χ0n) is 11.1. The molecule has 0 fully saturated rings. The number of nitrogens with one attached hydrogen (secondary N) is 2. The first-order valence-electron chi connectivity index (χ1n) is 5.81. The van der Waals surface area contributed by atoms with E-state index in [4.69, 9.17) is 0 Å². The molecule has 0 atom stereocenters. The topological polar surface area (TPSA) is 79.8 Å². The Balaban J connectivity index is 1.77. The van der Waals surface area contributed by atoms with Gasteiger partial charge in [-0.2, -0.15) is 13.2 Å². The third-order valence-electron chi connectivity index (χ3n) is 2.04. The van der Waals surface area contributed by atoms with E-state index in [-0.39, 0.29) is 16.8 Å². The van der Waals surface area contributed by atoms with Gasteiger partial charge in [-0.3, -0.25) is 4.79 Å². The minimum Gasteiger partial charge on any atom is -0.351 e. The average molecular weight is 369 g/mol. The molecule has 0 aliphatic heterocycles. The summed E-state index contributed by atoms with van der Waals surface area (Å²) in [6.45, 7) is 0.647. The number of carbonyl (C=O) groups excluding carboxylic acids is 1. The highest BCUT2D eigenvalue weighted by molar-refractivity contribution is 8.01. The summed E-state index contributed by atoms with van der Waals surface area (Å²) in [5.74, 6) is -0.189. The van der Waals surface area contributed by atoms with Gasteiger partial charge in [0.25, 0.3) is 0 Å². The molecule has 0 aliphatic rings. The molecule has 2 aromatic rings. The Bertz CT molecular complexity index is 642. The minimum atomic E-state index is -4.31. The van der Waals surface area contributed by atoms with Crippen LogP contribution >= 0.6 is 34.4 Å². The maximum atomic E-state index is 12.0. The third kappa shape index (κ3) is 5.77. The summed E-state index contributed by atoms with van der Waals surface area (Å²) in [5.41, 5.74) is 0.817. The van der Waals surface area contributed by atoms with Gasteiger partial charge >= 0.3 is 6.18 Å². The van der Waals surface area contributed by atoms with Gasteiger partial charge in [0.15, 0.2) is 9.47 Å². The fourth-order valence-electron chi connectivity index (χ4n) is 1.21. The predicted octanol–water partition coefficient (Wildman–Crippen LogP) is 3.01. The van der Waals surface area contributed by atoms with E-state index in [0.29, 0.717) is 9.47 Å². The molecule has 22 heavy (non-hydrogen) atoms. The molecule has 0 saturated heterocycles. The number of amides is 1. The largest absolute Gasteiger partial charge is 0.405 e. The molecule has 0 bridgehead atoms. The molecule has 120 valence electrons. The number of alkyl halides is 3. The molecule has 2 aromatic heterocycles. The number of halogens is 3. The van der Waals surface area contributed by atoms with Crippen LogP contribution in [0.15, 0.2) is 9.72 Å². The lowest BCUT2D eigenvalue weighted by Crippen LogP contribution is -2.21. The summed E-state index contributed by atoms with van der Waals surface area (Å²) in [6.07, 6.45) is -4.31. The summed E-state index contributed by atoms with van der Waals surface area (Å²) in [6, 6.07) is 0. The Kier molecular flexibility index (Phi) is 5.58. The maximum absolute atomic E-state index is 12.0. The molecular weight excluding hydrogens is 359 g/mol. The molecule has 6 nitrogen and oxygen atoms in total. The van der Waals surface area contributed by atoms with Crippen molar-refractivity contribution in [2.45, 2.75) is 17.4 Å². The van der Waals surface area contributed by atoms with E-state index >= 15 is 0 Å². The van der Waals surface area contributed by atoms with Crippen LogP contribution < -0.4 is 10.6 Å². The van der Waals surface area contributed by atoms with Crippen molar-refractivity contribution < 1.29 is 18.0 Å². The Morgan fingerprint density at radius 3 is 2.77 bits per heavy atom. The van der Waals surface area contributed by atoms with Crippen molar-refractivity contribution in [1.82, 2.24) is 15.2 Å². The van der Waals surface area contributed by atoms with Crippen molar-refractivity contribution in [2.24, 2.45) is 0 Å². The van der Waals surface area contributed by atoms with Crippen molar-refractivity contribution in [1.29, 1.82) is 0 Å². The molecule has 0 aliphatic carbocycles. The maximum Gasteiger partial charge on any atom is 0.405 e. The van der Waals surface area contributed by atoms with Gasteiger partial charge in [0.1, 0.15) is 6.54 Å². The Labute approximate surface area is 135 Å². The first kappa shape index (κ1) is 17.0. The summed E-state index contributed by atoms with van der Waals surface area (Å²) >= 11 is 3.38. The van der Waals surface area contributed by atoms with Crippen LogP contribution in [0.25, 0.3) is 0 Å². The van der Waals surface area contributed by atoms with Crippen molar-refractivity contribution in [3.63, 3.8) is 0 Å². The van der Waals surface area contributed by atoms with Gasteiger partial charge in [-0.05, 0) is 6.92 Å². The van der Waals surface area contributed by atoms with Crippen LogP contribution in [-0.4, -0.2) is 39.6 Å². The number of aryl methyl sites for hydroxylation is 1. The fourth-order valence-corrected chi connectivity index (χ4v) is 3.46. The van der Waals surface area contributed by atoms with Crippen LogP contribution in [0.3, 0.4) is 0 Å².